The van der Waals surface area contributed by atoms with E-state index in [2.05, 4.69) is 23.4 Å². The molecule has 0 unspecified atom stereocenters. The highest BCUT2D eigenvalue weighted by Gasteiger charge is 2.36. The minimum atomic E-state index is -3.99. The summed E-state index contributed by atoms with van der Waals surface area (Å²) in [5.74, 6) is -0.724. The lowest BCUT2D eigenvalue weighted by Gasteiger charge is -2.18. The van der Waals surface area contributed by atoms with E-state index in [0.29, 0.717) is 18.4 Å². The van der Waals surface area contributed by atoms with Gasteiger partial charge >= 0.3 is 0 Å². The zero-order valence-electron chi connectivity index (χ0n) is 16.2. The summed E-state index contributed by atoms with van der Waals surface area (Å²) in [6.45, 7) is 5.45. The normalized spacial score (nSPS) is 18.2. The smallest absolute Gasteiger partial charge is 0.243 e. The number of benzene rings is 1. The lowest BCUT2D eigenvalue weighted by atomic mass is 10.1. The third-order valence-electron chi connectivity index (χ3n) is 5.12. The molecule has 9 heteroatoms. The highest BCUT2D eigenvalue weighted by Crippen LogP contribution is 2.33. The molecule has 29 heavy (non-hydrogen) atoms. The Morgan fingerprint density at radius 1 is 1.21 bits per heavy atom. The van der Waals surface area contributed by atoms with Crippen molar-refractivity contribution in [1.82, 2.24) is 18.8 Å². The predicted molar refractivity (Wildman–Crippen MR) is 105 cm³/mol. The molecule has 0 N–H and O–H groups in total. The van der Waals surface area contributed by atoms with Gasteiger partial charge in [0, 0.05) is 37.8 Å². The van der Waals surface area contributed by atoms with Crippen LogP contribution in [0.2, 0.25) is 0 Å². The third-order valence-corrected chi connectivity index (χ3v) is 6.96. The molecular formula is C20H22F2N4O2S. The molecule has 6 nitrogen and oxygen atoms in total. The zero-order chi connectivity index (χ0) is 20.8. The Bertz CT molecular complexity index is 1140. The Hall–Kier alpha value is -2.39. The van der Waals surface area contributed by atoms with Crippen molar-refractivity contribution in [3.8, 4) is 0 Å². The largest absolute Gasteiger partial charge is 0.326 e. The molecular weight excluding hydrogens is 398 g/mol. The van der Waals surface area contributed by atoms with Gasteiger partial charge in [0.25, 0.3) is 0 Å². The first kappa shape index (κ1) is 19.9. The molecule has 1 aromatic carbocycles. The molecule has 0 saturated carbocycles. The van der Waals surface area contributed by atoms with Gasteiger partial charge in [-0.15, -0.1) is 0 Å². The minimum absolute atomic E-state index is 0.102. The van der Waals surface area contributed by atoms with Gasteiger partial charge in [0.05, 0.1) is 22.1 Å². The lowest BCUT2D eigenvalue weighted by Crippen LogP contribution is -2.29. The molecule has 1 aliphatic heterocycles. The second kappa shape index (κ2) is 7.46. The zero-order valence-corrected chi connectivity index (χ0v) is 17.0. The number of fused-ring (bicyclic) bond motifs is 1. The molecule has 2 aromatic heterocycles. The summed E-state index contributed by atoms with van der Waals surface area (Å²) in [6, 6.07) is 4.21. The van der Waals surface area contributed by atoms with Crippen molar-refractivity contribution in [2.45, 2.75) is 37.6 Å². The summed E-state index contributed by atoms with van der Waals surface area (Å²) in [6.07, 6.45) is 4.04. The molecule has 1 fully saturated rings. The number of pyridine rings is 1. The first-order valence-electron chi connectivity index (χ1n) is 9.52. The maximum atomic E-state index is 13.5. The standard InChI is InChI=1S/C20H22F2N4O2S/c1-13(2)11-26-19-10-23-5-3-18(19)24-20(26)14-4-6-25(12-14)29(27,28)17-8-15(21)7-16(22)9-17/h3,5,7-10,13-14H,4,6,11-12H2,1-2H3/t14-/m1/s1. The SMILES string of the molecule is CC(C)Cn1c([C@@H]2CCN(S(=O)(=O)c3cc(F)cc(F)c3)C2)nc2ccncc21. The van der Waals surface area contributed by atoms with E-state index < -0.39 is 21.7 Å². The molecule has 154 valence electrons. The van der Waals surface area contributed by atoms with Crippen molar-refractivity contribution < 1.29 is 17.2 Å². The van der Waals surface area contributed by atoms with Gasteiger partial charge in [-0.3, -0.25) is 4.98 Å². The van der Waals surface area contributed by atoms with Crippen LogP contribution in [-0.4, -0.2) is 40.3 Å². The maximum absolute atomic E-state index is 13.5. The van der Waals surface area contributed by atoms with Crippen LogP contribution in [-0.2, 0) is 16.6 Å². The highest BCUT2D eigenvalue weighted by atomic mass is 32.2. The van der Waals surface area contributed by atoms with Gasteiger partial charge in [0.15, 0.2) is 0 Å². The monoisotopic (exact) mass is 420 g/mol. The number of halogens is 2. The molecule has 1 saturated heterocycles. The molecule has 0 radical (unpaired) electrons. The van der Waals surface area contributed by atoms with E-state index >= 15 is 0 Å². The summed E-state index contributed by atoms with van der Waals surface area (Å²) in [7, 11) is -3.99. The average molecular weight is 420 g/mol. The van der Waals surface area contributed by atoms with Crippen LogP contribution in [0.1, 0.15) is 32.0 Å². The summed E-state index contributed by atoms with van der Waals surface area (Å²) in [5.41, 5.74) is 1.74. The number of sulfonamides is 1. The molecule has 3 heterocycles. The van der Waals surface area contributed by atoms with Crippen molar-refractivity contribution in [2.75, 3.05) is 13.1 Å². The maximum Gasteiger partial charge on any atom is 0.243 e. The van der Waals surface area contributed by atoms with Crippen molar-refractivity contribution in [2.24, 2.45) is 5.92 Å². The van der Waals surface area contributed by atoms with Gasteiger partial charge in [-0.05, 0) is 30.5 Å². The number of rotatable bonds is 5. The van der Waals surface area contributed by atoms with E-state index in [9.17, 15) is 17.2 Å². The van der Waals surface area contributed by atoms with E-state index in [1.807, 2.05) is 6.07 Å². The second-order valence-electron chi connectivity index (χ2n) is 7.79. The van der Waals surface area contributed by atoms with Gasteiger partial charge in [-0.25, -0.2) is 22.2 Å². The topological polar surface area (TPSA) is 68.1 Å². The van der Waals surface area contributed by atoms with Crippen LogP contribution in [0, 0.1) is 17.6 Å². The molecule has 0 bridgehead atoms. The van der Waals surface area contributed by atoms with Crippen molar-refractivity contribution >= 4 is 21.1 Å². The van der Waals surface area contributed by atoms with Gasteiger partial charge in [-0.1, -0.05) is 13.8 Å². The van der Waals surface area contributed by atoms with E-state index in [-0.39, 0.29) is 23.9 Å². The van der Waals surface area contributed by atoms with E-state index in [1.165, 1.54) is 4.31 Å². The summed E-state index contributed by atoms with van der Waals surface area (Å²) in [4.78, 5) is 8.57. The molecule has 0 aliphatic carbocycles. The predicted octanol–water partition coefficient (Wildman–Crippen LogP) is 3.54. The van der Waals surface area contributed by atoms with Crippen molar-refractivity contribution in [3.63, 3.8) is 0 Å². The summed E-state index contributed by atoms with van der Waals surface area (Å²) >= 11 is 0. The number of aromatic nitrogens is 3. The van der Waals surface area contributed by atoms with Crippen molar-refractivity contribution in [1.29, 1.82) is 0 Å². The van der Waals surface area contributed by atoms with Gasteiger partial charge in [0.2, 0.25) is 10.0 Å². The summed E-state index contributed by atoms with van der Waals surface area (Å²) in [5, 5.41) is 0. The fraction of sp³-hybridized carbons (Fsp3) is 0.400. The third kappa shape index (κ3) is 3.76. The number of hydrogen-bond acceptors (Lipinski definition) is 4. The Balaban J connectivity index is 1.66. The molecule has 1 atom stereocenters. The van der Waals surface area contributed by atoms with E-state index in [1.54, 1.807) is 12.4 Å². The van der Waals surface area contributed by atoms with Crippen LogP contribution in [0.15, 0.2) is 41.6 Å². The second-order valence-corrected chi connectivity index (χ2v) is 9.73. The summed E-state index contributed by atoms with van der Waals surface area (Å²) < 4.78 is 56.3. The molecule has 1 aliphatic rings. The molecule has 0 spiro atoms. The molecule has 3 aromatic rings. The van der Waals surface area contributed by atoms with Gasteiger partial charge < -0.3 is 4.57 Å². The fourth-order valence-electron chi connectivity index (χ4n) is 3.84. The van der Waals surface area contributed by atoms with Crippen molar-refractivity contribution in [3.05, 3.63) is 54.1 Å². The van der Waals surface area contributed by atoms with Crippen LogP contribution in [0.25, 0.3) is 11.0 Å². The van der Waals surface area contributed by atoms with Crippen LogP contribution in [0.3, 0.4) is 0 Å². The average Bonchev–Trinajstić information content (AvgIpc) is 3.26. The number of nitrogens with zero attached hydrogens (tertiary/aromatic N) is 4. The highest BCUT2D eigenvalue weighted by molar-refractivity contribution is 7.89. The Labute approximate surface area is 168 Å². The fourth-order valence-corrected chi connectivity index (χ4v) is 5.38. The van der Waals surface area contributed by atoms with E-state index in [0.717, 1.165) is 35.5 Å². The van der Waals surface area contributed by atoms with Crippen LogP contribution >= 0.6 is 0 Å². The number of imidazole rings is 1. The van der Waals surface area contributed by atoms with Crippen LogP contribution in [0.5, 0.6) is 0 Å². The van der Waals surface area contributed by atoms with Crippen LogP contribution < -0.4 is 0 Å². The first-order chi connectivity index (χ1) is 13.8. The molecule has 4 rings (SSSR count). The quantitative estimate of drug-likeness (QED) is 0.633. The Morgan fingerprint density at radius 2 is 1.93 bits per heavy atom. The van der Waals surface area contributed by atoms with Gasteiger partial charge in [0.1, 0.15) is 17.5 Å². The lowest BCUT2D eigenvalue weighted by molar-refractivity contribution is 0.461. The molecule has 0 amide bonds. The first-order valence-corrected chi connectivity index (χ1v) is 11.0. The Kier molecular flexibility index (Phi) is 5.12. The van der Waals surface area contributed by atoms with Gasteiger partial charge in [-0.2, -0.15) is 4.31 Å². The minimum Gasteiger partial charge on any atom is -0.326 e. The Morgan fingerprint density at radius 3 is 2.62 bits per heavy atom. The number of hydrogen-bond donors (Lipinski definition) is 0. The van der Waals surface area contributed by atoms with Crippen LogP contribution in [0.4, 0.5) is 8.78 Å². The van der Waals surface area contributed by atoms with E-state index in [4.69, 9.17) is 4.98 Å².